The van der Waals surface area contributed by atoms with Crippen LogP contribution in [0.4, 0.5) is 5.69 Å². The van der Waals surface area contributed by atoms with E-state index in [2.05, 4.69) is 16.4 Å². The largest absolute Gasteiger partial charge is 0.457 e. The van der Waals surface area contributed by atoms with E-state index in [4.69, 9.17) is 10.00 Å². The van der Waals surface area contributed by atoms with Crippen molar-refractivity contribution >= 4 is 11.6 Å². The van der Waals surface area contributed by atoms with Crippen LogP contribution in [0.3, 0.4) is 0 Å². The number of nitrogens with zero attached hydrogens (tertiary/aromatic N) is 2. The smallest absolute Gasteiger partial charge is 0.228 e. The molecule has 0 saturated heterocycles. The first-order chi connectivity index (χ1) is 12.2. The van der Waals surface area contributed by atoms with E-state index in [-0.39, 0.29) is 5.91 Å². The molecule has 1 aliphatic heterocycles. The Bertz CT molecular complexity index is 990. The molecule has 0 saturated carbocycles. The van der Waals surface area contributed by atoms with Gasteiger partial charge in [0.05, 0.1) is 18.1 Å². The summed E-state index contributed by atoms with van der Waals surface area (Å²) < 4.78 is 6.04. The summed E-state index contributed by atoms with van der Waals surface area (Å²) in [6.07, 6.45) is 3.83. The lowest BCUT2D eigenvalue weighted by Crippen LogP contribution is -2.03. The van der Waals surface area contributed by atoms with Gasteiger partial charge in [0, 0.05) is 35.3 Å². The van der Waals surface area contributed by atoms with Gasteiger partial charge in [0.2, 0.25) is 5.91 Å². The summed E-state index contributed by atoms with van der Waals surface area (Å²) in [7, 11) is 0. The number of rotatable bonds is 3. The Labute approximate surface area is 144 Å². The molecule has 0 spiro atoms. The number of carbonyl (C=O) groups is 1. The number of hydrogen-bond donors (Lipinski definition) is 1. The zero-order valence-electron chi connectivity index (χ0n) is 13.2. The molecule has 1 aliphatic rings. The second kappa shape index (κ2) is 6.10. The van der Waals surface area contributed by atoms with E-state index in [1.54, 1.807) is 36.7 Å². The molecule has 5 heteroatoms. The Morgan fingerprint density at radius 1 is 1.16 bits per heavy atom. The standard InChI is InChI=1S/C20H13N3O2/c21-11-13-3-5-16(6-4-13)25-19-10-18-15(9-20(24)23-18)8-17(19)14-2-1-7-22-12-14/h1-8,10,12H,9H2,(H,23,24). The van der Waals surface area contributed by atoms with Gasteiger partial charge in [-0.1, -0.05) is 6.07 Å². The molecule has 1 N–H and O–H groups in total. The Balaban J connectivity index is 1.78. The van der Waals surface area contributed by atoms with Crippen LogP contribution in [0.15, 0.2) is 60.9 Å². The van der Waals surface area contributed by atoms with Gasteiger partial charge in [0.1, 0.15) is 11.5 Å². The monoisotopic (exact) mass is 327 g/mol. The predicted octanol–water partition coefficient (Wildman–Crippen LogP) is 3.91. The van der Waals surface area contributed by atoms with Crippen molar-refractivity contribution in [2.24, 2.45) is 0 Å². The number of hydrogen-bond acceptors (Lipinski definition) is 4. The van der Waals surface area contributed by atoms with Gasteiger partial charge in [0.15, 0.2) is 0 Å². The quantitative estimate of drug-likeness (QED) is 0.791. The number of nitrogens with one attached hydrogen (secondary N) is 1. The Kier molecular flexibility index (Phi) is 3.64. The summed E-state index contributed by atoms with van der Waals surface area (Å²) in [5, 5.41) is 11.7. The van der Waals surface area contributed by atoms with E-state index < -0.39 is 0 Å². The molecule has 4 rings (SSSR count). The van der Waals surface area contributed by atoms with Crippen molar-refractivity contribution in [2.45, 2.75) is 6.42 Å². The first-order valence-corrected chi connectivity index (χ1v) is 7.78. The van der Waals surface area contributed by atoms with Crippen molar-refractivity contribution in [1.29, 1.82) is 5.26 Å². The lowest BCUT2D eigenvalue weighted by atomic mass is 10.0. The first kappa shape index (κ1) is 14.9. The summed E-state index contributed by atoms with van der Waals surface area (Å²) in [4.78, 5) is 15.9. The highest BCUT2D eigenvalue weighted by atomic mass is 16.5. The zero-order valence-corrected chi connectivity index (χ0v) is 13.2. The number of fused-ring (bicyclic) bond motifs is 1. The maximum absolute atomic E-state index is 11.7. The number of nitriles is 1. The highest BCUT2D eigenvalue weighted by Crippen LogP contribution is 2.39. The molecule has 120 valence electrons. The normalized spacial score (nSPS) is 12.2. The molecular weight excluding hydrogens is 314 g/mol. The summed E-state index contributed by atoms with van der Waals surface area (Å²) >= 11 is 0. The number of aromatic nitrogens is 1. The van der Waals surface area contributed by atoms with E-state index >= 15 is 0 Å². The first-order valence-electron chi connectivity index (χ1n) is 7.78. The molecule has 0 aliphatic carbocycles. The van der Waals surface area contributed by atoms with Crippen LogP contribution in [-0.2, 0) is 11.2 Å². The van der Waals surface area contributed by atoms with Crippen LogP contribution in [0.1, 0.15) is 11.1 Å². The molecule has 2 aromatic carbocycles. The lowest BCUT2D eigenvalue weighted by molar-refractivity contribution is -0.115. The van der Waals surface area contributed by atoms with Crippen molar-refractivity contribution in [1.82, 2.24) is 4.98 Å². The fourth-order valence-corrected chi connectivity index (χ4v) is 2.81. The average molecular weight is 327 g/mol. The van der Waals surface area contributed by atoms with E-state index in [9.17, 15) is 4.79 Å². The SMILES string of the molecule is N#Cc1ccc(Oc2cc3c(cc2-c2cccnc2)CC(=O)N3)cc1. The molecule has 0 unspecified atom stereocenters. The van der Waals surface area contributed by atoms with Gasteiger partial charge in [-0.15, -0.1) is 0 Å². The van der Waals surface area contributed by atoms with Crippen molar-refractivity contribution in [3.8, 4) is 28.7 Å². The van der Waals surface area contributed by atoms with E-state index in [1.165, 1.54) is 0 Å². The highest BCUT2D eigenvalue weighted by Gasteiger charge is 2.21. The number of carbonyl (C=O) groups excluding carboxylic acids is 1. The molecule has 25 heavy (non-hydrogen) atoms. The number of amides is 1. The van der Waals surface area contributed by atoms with Crippen molar-refractivity contribution in [3.63, 3.8) is 0 Å². The van der Waals surface area contributed by atoms with Crippen LogP contribution >= 0.6 is 0 Å². The van der Waals surface area contributed by atoms with Crippen molar-refractivity contribution < 1.29 is 9.53 Å². The van der Waals surface area contributed by atoms with Crippen LogP contribution in [-0.4, -0.2) is 10.9 Å². The Morgan fingerprint density at radius 3 is 2.72 bits per heavy atom. The lowest BCUT2D eigenvalue weighted by Gasteiger charge is -2.13. The molecule has 0 bridgehead atoms. The molecule has 1 aromatic heterocycles. The summed E-state index contributed by atoms with van der Waals surface area (Å²) in [5.41, 5.74) is 4.05. The highest BCUT2D eigenvalue weighted by molar-refractivity contribution is 6.00. The summed E-state index contributed by atoms with van der Waals surface area (Å²) in [6.45, 7) is 0. The minimum atomic E-state index is -0.0253. The second-order valence-electron chi connectivity index (χ2n) is 5.71. The van der Waals surface area contributed by atoms with Crippen LogP contribution in [0.2, 0.25) is 0 Å². The second-order valence-corrected chi connectivity index (χ2v) is 5.71. The third-order valence-corrected chi connectivity index (χ3v) is 4.01. The molecule has 1 amide bonds. The molecule has 2 heterocycles. The van der Waals surface area contributed by atoms with Crippen molar-refractivity contribution in [3.05, 3.63) is 72.1 Å². The van der Waals surface area contributed by atoms with Crippen LogP contribution in [0.5, 0.6) is 11.5 Å². The third-order valence-electron chi connectivity index (χ3n) is 4.01. The minimum absolute atomic E-state index is 0.0253. The zero-order chi connectivity index (χ0) is 17.2. The molecule has 0 radical (unpaired) electrons. The number of anilines is 1. The number of ether oxygens (including phenoxy) is 1. The van der Waals surface area contributed by atoms with Gasteiger partial charge in [-0.05, 0) is 42.0 Å². The molecule has 0 fully saturated rings. The number of pyridine rings is 1. The van der Waals surface area contributed by atoms with Gasteiger partial charge < -0.3 is 10.1 Å². The van der Waals surface area contributed by atoms with Crippen molar-refractivity contribution in [2.75, 3.05) is 5.32 Å². The van der Waals surface area contributed by atoms with Gasteiger partial charge in [-0.25, -0.2) is 0 Å². The third kappa shape index (κ3) is 2.93. The molecule has 0 atom stereocenters. The maximum atomic E-state index is 11.7. The van der Waals surface area contributed by atoms with Crippen LogP contribution in [0, 0.1) is 11.3 Å². The maximum Gasteiger partial charge on any atom is 0.228 e. The molecule has 3 aromatic rings. The Hall–Kier alpha value is -3.65. The van der Waals surface area contributed by atoms with Gasteiger partial charge >= 0.3 is 0 Å². The fraction of sp³-hybridized carbons (Fsp3) is 0.0500. The van der Waals surface area contributed by atoms with Gasteiger partial charge in [0.25, 0.3) is 0 Å². The minimum Gasteiger partial charge on any atom is -0.457 e. The molecule has 5 nitrogen and oxygen atoms in total. The topological polar surface area (TPSA) is 75.0 Å². The average Bonchev–Trinajstić information content (AvgIpc) is 3.01. The van der Waals surface area contributed by atoms with Crippen LogP contribution < -0.4 is 10.1 Å². The van der Waals surface area contributed by atoms with E-state index in [0.29, 0.717) is 23.5 Å². The predicted molar refractivity (Wildman–Crippen MR) is 93.2 cm³/mol. The number of benzene rings is 2. The summed E-state index contributed by atoms with van der Waals surface area (Å²) in [6, 6.07) is 16.6. The van der Waals surface area contributed by atoms with E-state index in [0.717, 1.165) is 22.4 Å². The van der Waals surface area contributed by atoms with Gasteiger partial charge in [-0.3, -0.25) is 9.78 Å². The summed E-state index contributed by atoms with van der Waals surface area (Å²) in [5.74, 6) is 1.22. The van der Waals surface area contributed by atoms with E-state index in [1.807, 2.05) is 24.3 Å². The fourth-order valence-electron chi connectivity index (χ4n) is 2.81. The molecular formula is C20H13N3O2. The Morgan fingerprint density at radius 2 is 2.00 bits per heavy atom. The van der Waals surface area contributed by atoms with Gasteiger partial charge in [-0.2, -0.15) is 5.26 Å². The van der Waals surface area contributed by atoms with Crippen LogP contribution in [0.25, 0.3) is 11.1 Å².